The first kappa shape index (κ1) is 19.7. The highest BCUT2D eigenvalue weighted by Crippen LogP contribution is 2.36. The van der Waals surface area contributed by atoms with Gasteiger partial charge in [-0.3, -0.25) is 14.9 Å². The molecule has 2 aromatic carbocycles. The number of hydrogen-bond acceptors (Lipinski definition) is 7. The summed E-state index contributed by atoms with van der Waals surface area (Å²) in [4.78, 5) is 22.0. The van der Waals surface area contributed by atoms with Crippen LogP contribution in [0.1, 0.15) is 16.7 Å². The molecular formula is C18H19N3O6. The minimum atomic E-state index is -0.745. The summed E-state index contributed by atoms with van der Waals surface area (Å²) in [6.07, 6.45) is 1.20. The zero-order chi connectivity index (χ0) is 20.0. The number of hydrogen-bond donors (Lipinski definition) is 2. The third-order valence-electron chi connectivity index (χ3n) is 3.46. The second-order valence-corrected chi connectivity index (χ2v) is 5.75. The number of ether oxygens (including phenoxy) is 2. The number of amides is 1. The maximum absolute atomic E-state index is 11.8. The van der Waals surface area contributed by atoms with Crippen molar-refractivity contribution in [2.24, 2.45) is 5.10 Å². The number of carbonyl (C=O) groups excluding carboxylic acids is 1. The molecular weight excluding hydrogens is 354 g/mol. The molecule has 0 atom stereocenters. The number of rotatable bonds is 7. The van der Waals surface area contributed by atoms with Crippen LogP contribution in [0.4, 0.5) is 5.69 Å². The fraction of sp³-hybridized carbons (Fsp3) is 0.222. The van der Waals surface area contributed by atoms with Crippen molar-refractivity contribution in [3.8, 4) is 17.2 Å². The van der Waals surface area contributed by atoms with Gasteiger partial charge in [-0.25, -0.2) is 5.43 Å². The van der Waals surface area contributed by atoms with Crippen molar-refractivity contribution in [3.63, 3.8) is 0 Å². The fourth-order valence-corrected chi connectivity index (χ4v) is 2.36. The Bertz CT molecular complexity index is 875. The molecule has 0 aromatic heterocycles. The molecule has 0 spiro atoms. The molecule has 0 aliphatic carbocycles. The molecule has 0 aliphatic heterocycles. The summed E-state index contributed by atoms with van der Waals surface area (Å²) in [6, 6.07) is 8.07. The minimum absolute atomic E-state index is 0.0740. The van der Waals surface area contributed by atoms with Gasteiger partial charge in [0.05, 0.1) is 18.2 Å². The van der Waals surface area contributed by atoms with Gasteiger partial charge in [-0.2, -0.15) is 5.10 Å². The lowest BCUT2D eigenvalue weighted by Crippen LogP contribution is -2.24. The van der Waals surface area contributed by atoms with Crippen LogP contribution in [0.5, 0.6) is 17.2 Å². The van der Waals surface area contributed by atoms with E-state index >= 15 is 0 Å². The first-order chi connectivity index (χ1) is 12.8. The van der Waals surface area contributed by atoms with E-state index in [1.54, 1.807) is 0 Å². The first-order valence-electron chi connectivity index (χ1n) is 7.88. The molecule has 0 fully saturated rings. The number of nitrogens with one attached hydrogen (secondary N) is 1. The van der Waals surface area contributed by atoms with Crippen LogP contribution in [-0.2, 0) is 4.79 Å². The van der Waals surface area contributed by atoms with E-state index in [1.165, 1.54) is 19.4 Å². The van der Waals surface area contributed by atoms with Gasteiger partial charge in [0, 0.05) is 11.6 Å². The molecule has 0 aliphatic rings. The van der Waals surface area contributed by atoms with Crippen LogP contribution in [0.15, 0.2) is 35.4 Å². The summed E-state index contributed by atoms with van der Waals surface area (Å²) in [7, 11) is 1.27. The monoisotopic (exact) mass is 373 g/mol. The third-order valence-corrected chi connectivity index (χ3v) is 3.46. The van der Waals surface area contributed by atoms with Crippen molar-refractivity contribution in [2.75, 3.05) is 13.7 Å². The Balaban J connectivity index is 1.99. The lowest BCUT2D eigenvalue weighted by molar-refractivity contribution is -0.386. The fourth-order valence-electron chi connectivity index (χ4n) is 2.36. The molecule has 2 rings (SSSR count). The Morgan fingerprint density at radius 3 is 2.52 bits per heavy atom. The number of aryl methyl sites for hydroxylation is 2. The van der Waals surface area contributed by atoms with Gasteiger partial charge >= 0.3 is 5.69 Å². The van der Waals surface area contributed by atoms with Crippen molar-refractivity contribution >= 4 is 17.8 Å². The predicted octanol–water partition coefficient (Wildman–Crippen LogP) is 2.45. The van der Waals surface area contributed by atoms with Crippen molar-refractivity contribution in [2.45, 2.75) is 13.8 Å². The molecule has 27 heavy (non-hydrogen) atoms. The van der Waals surface area contributed by atoms with Crippen molar-refractivity contribution in [1.82, 2.24) is 5.43 Å². The third kappa shape index (κ3) is 5.43. The van der Waals surface area contributed by atoms with E-state index in [9.17, 15) is 20.0 Å². The average molecular weight is 373 g/mol. The van der Waals surface area contributed by atoms with Crippen molar-refractivity contribution in [1.29, 1.82) is 0 Å². The van der Waals surface area contributed by atoms with Crippen LogP contribution < -0.4 is 14.9 Å². The number of aromatic hydroxyl groups is 1. The molecule has 0 unspecified atom stereocenters. The summed E-state index contributed by atoms with van der Waals surface area (Å²) in [5.74, 6) is -0.572. The largest absolute Gasteiger partial charge is 0.500 e. The molecule has 142 valence electrons. The Labute approximate surface area is 155 Å². The van der Waals surface area contributed by atoms with Gasteiger partial charge in [0.25, 0.3) is 5.91 Å². The molecule has 9 heteroatoms. The lowest BCUT2D eigenvalue weighted by Gasteiger charge is -2.07. The summed E-state index contributed by atoms with van der Waals surface area (Å²) in [6.45, 7) is 3.62. The molecule has 0 saturated carbocycles. The normalized spacial score (nSPS) is 10.6. The highest BCUT2D eigenvalue weighted by atomic mass is 16.6. The number of nitro groups is 1. The Hall–Kier alpha value is -3.62. The predicted molar refractivity (Wildman–Crippen MR) is 98.5 cm³/mol. The maximum atomic E-state index is 11.8. The Kier molecular flexibility index (Phi) is 6.32. The average Bonchev–Trinajstić information content (AvgIpc) is 2.60. The molecule has 0 heterocycles. The number of nitrogens with zero attached hydrogens (tertiary/aromatic N) is 2. The summed E-state index contributed by atoms with van der Waals surface area (Å²) >= 11 is 0. The summed E-state index contributed by atoms with van der Waals surface area (Å²) in [5.41, 5.74) is 4.05. The number of phenolic OH excluding ortho intramolecular Hbond substituents is 1. The van der Waals surface area contributed by atoms with E-state index < -0.39 is 22.3 Å². The van der Waals surface area contributed by atoms with Gasteiger partial charge in [0.15, 0.2) is 12.4 Å². The highest BCUT2D eigenvalue weighted by molar-refractivity contribution is 5.85. The molecule has 2 aromatic rings. The number of carbonyl (C=O) groups is 1. The molecule has 2 N–H and O–H groups in total. The van der Waals surface area contributed by atoms with Crippen LogP contribution in [0.3, 0.4) is 0 Å². The number of methoxy groups -OCH3 is 1. The zero-order valence-electron chi connectivity index (χ0n) is 15.1. The number of nitro benzene ring substituents is 1. The van der Waals surface area contributed by atoms with Gasteiger partial charge < -0.3 is 14.6 Å². The molecule has 1 amide bonds. The topological polar surface area (TPSA) is 123 Å². The molecule has 0 radical (unpaired) electrons. The van der Waals surface area contributed by atoms with E-state index in [2.05, 4.69) is 10.5 Å². The number of phenols is 1. The van der Waals surface area contributed by atoms with E-state index in [1.807, 2.05) is 32.0 Å². The molecule has 0 saturated heterocycles. The van der Waals surface area contributed by atoms with E-state index in [0.717, 1.165) is 17.2 Å². The van der Waals surface area contributed by atoms with Crippen LogP contribution in [0, 0.1) is 24.0 Å². The summed E-state index contributed by atoms with van der Waals surface area (Å²) < 4.78 is 10.3. The van der Waals surface area contributed by atoms with E-state index in [-0.39, 0.29) is 17.9 Å². The van der Waals surface area contributed by atoms with Crippen molar-refractivity contribution < 1.29 is 24.3 Å². The Morgan fingerprint density at radius 1 is 1.26 bits per heavy atom. The smallest absolute Gasteiger partial charge is 0.315 e. The van der Waals surface area contributed by atoms with Gasteiger partial charge in [-0.15, -0.1) is 0 Å². The first-order valence-corrected chi connectivity index (χ1v) is 7.88. The molecule has 9 nitrogen and oxygen atoms in total. The standard InChI is InChI=1S/C18H19N3O6/c1-11-4-12(2)6-14(5-11)27-10-17(22)20-19-9-13-7-15(21(24)25)18(23)16(8-13)26-3/h4-9,23H,10H2,1-3H3,(H,20,22). The quantitative estimate of drug-likeness (QED) is 0.436. The Morgan fingerprint density at radius 2 is 1.93 bits per heavy atom. The highest BCUT2D eigenvalue weighted by Gasteiger charge is 2.19. The van der Waals surface area contributed by atoms with E-state index in [0.29, 0.717) is 5.75 Å². The second-order valence-electron chi connectivity index (χ2n) is 5.75. The van der Waals surface area contributed by atoms with Gasteiger partial charge in [0.2, 0.25) is 5.75 Å². The van der Waals surface area contributed by atoms with Crippen LogP contribution >= 0.6 is 0 Å². The van der Waals surface area contributed by atoms with Gasteiger partial charge in [-0.1, -0.05) is 6.07 Å². The lowest BCUT2D eigenvalue weighted by atomic mass is 10.1. The van der Waals surface area contributed by atoms with Gasteiger partial charge in [0.1, 0.15) is 5.75 Å². The van der Waals surface area contributed by atoms with Crippen LogP contribution in [-0.4, -0.2) is 35.9 Å². The zero-order valence-corrected chi connectivity index (χ0v) is 15.1. The van der Waals surface area contributed by atoms with Crippen molar-refractivity contribution in [3.05, 3.63) is 57.1 Å². The van der Waals surface area contributed by atoms with Gasteiger partial charge in [-0.05, 0) is 43.2 Å². The maximum Gasteiger partial charge on any atom is 0.315 e. The van der Waals surface area contributed by atoms with Crippen LogP contribution in [0.25, 0.3) is 0 Å². The molecule has 0 bridgehead atoms. The SMILES string of the molecule is COc1cc(C=NNC(=O)COc2cc(C)cc(C)c2)cc([N+](=O)[O-])c1O. The number of hydrazone groups is 1. The summed E-state index contributed by atoms with van der Waals surface area (Å²) in [5, 5.41) is 24.4. The minimum Gasteiger partial charge on any atom is -0.500 e. The second kappa shape index (κ2) is 8.65. The van der Waals surface area contributed by atoms with Crippen LogP contribution in [0.2, 0.25) is 0 Å². The number of benzene rings is 2. The van der Waals surface area contributed by atoms with E-state index in [4.69, 9.17) is 9.47 Å².